The number of ether oxygens (including phenoxy) is 1. The van der Waals surface area contributed by atoms with Gasteiger partial charge in [0.1, 0.15) is 0 Å². The van der Waals surface area contributed by atoms with E-state index in [-0.39, 0.29) is 18.3 Å². The van der Waals surface area contributed by atoms with Crippen molar-refractivity contribution in [1.29, 1.82) is 0 Å². The largest absolute Gasteiger partial charge is 0.434 e. The van der Waals surface area contributed by atoms with Gasteiger partial charge in [-0.2, -0.15) is 18.3 Å². The Balaban J connectivity index is 1.84. The van der Waals surface area contributed by atoms with Gasteiger partial charge in [-0.15, -0.1) is 0 Å². The molecule has 1 fully saturated rings. The highest BCUT2D eigenvalue weighted by Gasteiger charge is 2.41. The summed E-state index contributed by atoms with van der Waals surface area (Å²) < 4.78 is 47.9. The number of alkyl halides is 3. The molecule has 1 aliphatic rings. The second kappa shape index (κ2) is 10.7. The Morgan fingerprint density at radius 1 is 1.19 bits per heavy atom. The summed E-state index contributed by atoms with van der Waals surface area (Å²) >= 11 is 5.84. The van der Waals surface area contributed by atoms with E-state index in [4.69, 9.17) is 16.3 Å². The van der Waals surface area contributed by atoms with Crippen LogP contribution in [0.2, 0.25) is 5.02 Å². The second-order valence-electron chi connectivity index (χ2n) is 7.80. The summed E-state index contributed by atoms with van der Waals surface area (Å²) in [5.41, 5.74) is -1.44. The monoisotopic (exact) mass is 472 g/mol. The van der Waals surface area contributed by atoms with E-state index in [0.717, 1.165) is 36.8 Å². The van der Waals surface area contributed by atoms with Gasteiger partial charge in [-0.25, -0.2) is 4.68 Å². The van der Waals surface area contributed by atoms with Crippen LogP contribution in [0, 0.1) is 5.92 Å². The number of carbonyl (C=O) groups is 1. The quantitative estimate of drug-likeness (QED) is 0.618. The van der Waals surface area contributed by atoms with Crippen LogP contribution in [0.15, 0.2) is 30.5 Å². The molecule has 0 saturated carbocycles. The van der Waals surface area contributed by atoms with Gasteiger partial charge in [0.2, 0.25) is 0 Å². The summed E-state index contributed by atoms with van der Waals surface area (Å²) in [4.78, 5) is 15.1. The predicted molar refractivity (Wildman–Crippen MR) is 116 cm³/mol. The van der Waals surface area contributed by atoms with Crippen LogP contribution < -0.4 is 5.32 Å². The average molecular weight is 473 g/mol. The number of nitrogens with zero attached hydrogens (tertiary/aromatic N) is 3. The highest BCUT2D eigenvalue weighted by molar-refractivity contribution is 6.30. The molecule has 1 N–H and O–H groups in total. The number of hydrogen-bond acceptors (Lipinski definition) is 4. The third kappa shape index (κ3) is 5.63. The number of nitrogens with one attached hydrogen (secondary N) is 1. The topological polar surface area (TPSA) is 59.4 Å². The summed E-state index contributed by atoms with van der Waals surface area (Å²) in [5.74, 6) is -0.478. The Hall–Kier alpha value is -2.10. The molecular formula is C22H28ClF3N4O2. The van der Waals surface area contributed by atoms with E-state index in [1.165, 1.54) is 24.3 Å². The minimum Gasteiger partial charge on any atom is -0.379 e. The third-order valence-electron chi connectivity index (χ3n) is 5.93. The average Bonchev–Trinajstić information content (AvgIpc) is 3.23. The molecule has 32 heavy (non-hydrogen) atoms. The maximum absolute atomic E-state index is 13.9. The minimum absolute atomic E-state index is 0.0264. The molecule has 0 bridgehead atoms. The Morgan fingerprint density at radius 3 is 2.38 bits per heavy atom. The predicted octanol–water partition coefficient (Wildman–Crippen LogP) is 4.41. The van der Waals surface area contributed by atoms with Crippen LogP contribution >= 0.6 is 11.6 Å². The SMILES string of the molecule is CCC(CC)C(CNC(=O)c1cnn(-c2ccc(Cl)cc2)c1C(F)(F)F)N1CCOCC1. The van der Waals surface area contributed by atoms with Crippen LogP contribution in [0.5, 0.6) is 0 Å². The van der Waals surface area contributed by atoms with E-state index in [1.54, 1.807) is 0 Å². The van der Waals surface area contributed by atoms with Crippen molar-refractivity contribution < 1.29 is 22.7 Å². The Morgan fingerprint density at radius 2 is 1.81 bits per heavy atom. The van der Waals surface area contributed by atoms with E-state index in [0.29, 0.717) is 24.2 Å². The lowest BCUT2D eigenvalue weighted by atomic mass is 9.92. The van der Waals surface area contributed by atoms with Gasteiger partial charge < -0.3 is 10.1 Å². The molecule has 6 nitrogen and oxygen atoms in total. The van der Waals surface area contributed by atoms with E-state index in [1.807, 2.05) is 0 Å². The fourth-order valence-corrected chi connectivity index (χ4v) is 4.32. The lowest BCUT2D eigenvalue weighted by Gasteiger charge is -2.38. The standard InChI is InChI=1S/C22H28ClF3N4O2/c1-3-15(4-2)19(29-9-11-32-12-10-29)14-27-21(31)18-13-28-30(20(18)22(24,25)26)17-7-5-16(23)6-8-17/h5-8,13,15,19H,3-4,9-12,14H2,1-2H3,(H,27,31). The smallest absolute Gasteiger partial charge is 0.379 e. The van der Waals surface area contributed by atoms with Crippen molar-refractivity contribution in [3.63, 3.8) is 0 Å². The van der Waals surface area contributed by atoms with Crippen molar-refractivity contribution >= 4 is 17.5 Å². The highest BCUT2D eigenvalue weighted by Crippen LogP contribution is 2.34. The van der Waals surface area contributed by atoms with Crippen molar-refractivity contribution in [3.05, 3.63) is 46.7 Å². The zero-order valence-electron chi connectivity index (χ0n) is 18.2. The van der Waals surface area contributed by atoms with Crippen molar-refractivity contribution in [2.45, 2.75) is 38.9 Å². The molecule has 0 radical (unpaired) electrons. The molecule has 1 aromatic heterocycles. The lowest BCUT2D eigenvalue weighted by molar-refractivity contribution is -0.143. The highest BCUT2D eigenvalue weighted by atomic mass is 35.5. The van der Waals surface area contributed by atoms with Crippen LogP contribution in [0.4, 0.5) is 13.2 Å². The van der Waals surface area contributed by atoms with Gasteiger partial charge in [-0.1, -0.05) is 38.3 Å². The number of hydrogen-bond donors (Lipinski definition) is 1. The number of halogens is 4. The molecule has 2 aromatic rings. The first-order chi connectivity index (χ1) is 15.3. The van der Waals surface area contributed by atoms with Gasteiger partial charge in [0.25, 0.3) is 5.91 Å². The molecular weight excluding hydrogens is 445 g/mol. The van der Waals surface area contributed by atoms with E-state index >= 15 is 0 Å². The van der Waals surface area contributed by atoms with Crippen LogP contribution in [-0.2, 0) is 10.9 Å². The fourth-order valence-electron chi connectivity index (χ4n) is 4.19. The first-order valence-corrected chi connectivity index (χ1v) is 11.1. The first-order valence-electron chi connectivity index (χ1n) is 10.8. The minimum atomic E-state index is -4.76. The molecule has 176 valence electrons. The van der Waals surface area contributed by atoms with Crippen LogP contribution in [-0.4, -0.2) is 59.5 Å². The van der Waals surface area contributed by atoms with Crippen molar-refractivity contribution in [3.8, 4) is 5.69 Å². The van der Waals surface area contributed by atoms with E-state index in [2.05, 4.69) is 29.2 Å². The van der Waals surface area contributed by atoms with Gasteiger partial charge in [-0.05, 0) is 30.2 Å². The number of morpholine rings is 1. The molecule has 0 spiro atoms. The van der Waals surface area contributed by atoms with Crippen LogP contribution in [0.25, 0.3) is 5.69 Å². The molecule has 2 heterocycles. The molecule has 1 atom stereocenters. The van der Waals surface area contributed by atoms with Gasteiger partial charge in [-0.3, -0.25) is 9.69 Å². The maximum atomic E-state index is 13.9. The number of benzene rings is 1. The maximum Gasteiger partial charge on any atom is 0.434 e. The Kier molecular flexibility index (Phi) is 8.19. The van der Waals surface area contributed by atoms with Gasteiger partial charge in [0, 0.05) is 30.7 Å². The first kappa shape index (κ1) is 24.5. The zero-order valence-corrected chi connectivity index (χ0v) is 18.9. The van der Waals surface area contributed by atoms with Crippen molar-refractivity contribution in [2.24, 2.45) is 5.92 Å². The molecule has 0 aliphatic carbocycles. The molecule has 3 rings (SSSR count). The van der Waals surface area contributed by atoms with Crippen LogP contribution in [0.1, 0.15) is 42.7 Å². The molecule has 10 heteroatoms. The summed E-state index contributed by atoms with van der Waals surface area (Å²) in [6.07, 6.45) is -1.97. The van der Waals surface area contributed by atoms with Crippen molar-refractivity contribution in [1.82, 2.24) is 20.0 Å². The van der Waals surface area contributed by atoms with Gasteiger partial charge in [0.05, 0.1) is 30.7 Å². The Bertz CT molecular complexity index is 892. The van der Waals surface area contributed by atoms with Crippen molar-refractivity contribution in [2.75, 3.05) is 32.8 Å². The second-order valence-corrected chi connectivity index (χ2v) is 8.23. The molecule has 1 saturated heterocycles. The summed E-state index contributed by atoms with van der Waals surface area (Å²) in [7, 11) is 0. The molecule has 1 unspecified atom stereocenters. The summed E-state index contributed by atoms with van der Waals surface area (Å²) in [6, 6.07) is 5.82. The molecule has 1 amide bonds. The van der Waals surface area contributed by atoms with Crippen LogP contribution in [0.3, 0.4) is 0 Å². The zero-order chi connectivity index (χ0) is 23.3. The van der Waals surface area contributed by atoms with E-state index in [9.17, 15) is 18.0 Å². The Labute approximate surface area is 190 Å². The molecule has 1 aromatic carbocycles. The number of carbonyl (C=O) groups excluding carboxylic acids is 1. The summed E-state index contributed by atoms with van der Waals surface area (Å²) in [6.45, 7) is 7.11. The lowest BCUT2D eigenvalue weighted by Crippen LogP contribution is -2.52. The van der Waals surface area contributed by atoms with Gasteiger partial charge >= 0.3 is 6.18 Å². The molecule has 1 aliphatic heterocycles. The normalized spacial score (nSPS) is 16.3. The van der Waals surface area contributed by atoms with Gasteiger partial charge in [0.15, 0.2) is 5.69 Å². The number of amides is 1. The van der Waals surface area contributed by atoms with E-state index < -0.39 is 23.3 Å². The number of rotatable bonds is 8. The number of aromatic nitrogens is 2. The fraction of sp³-hybridized carbons (Fsp3) is 0.545. The third-order valence-corrected chi connectivity index (χ3v) is 6.18. The summed E-state index contributed by atoms with van der Waals surface area (Å²) in [5, 5.41) is 6.98.